The molecule has 2 rings (SSSR count). The summed E-state index contributed by atoms with van der Waals surface area (Å²) in [5.74, 6) is -2.62. The van der Waals surface area contributed by atoms with Crippen LogP contribution in [0.2, 0.25) is 0 Å². The first-order valence-electron chi connectivity index (χ1n) is 7.94. The van der Waals surface area contributed by atoms with Crippen LogP contribution >= 0.6 is 0 Å². The topological polar surface area (TPSA) is 66.4 Å². The SMILES string of the molecule is O=C(CCc1ccc(C(=O)O)cc1)N[C@@H]1CCC[C@@H](C(F)(F)F)C1. The van der Waals surface area contributed by atoms with Crippen molar-refractivity contribution >= 4 is 11.9 Å². The summed E-state index contributed by atoms with van der Waals surface area (Å²) < 4.78 is 38.3. The van der Waals surface area contributed by atoms with E-state index in [0.29, 0.717) is 19.3 Å². The van der Waals surface area contributed by atoms with Gasteiger partial charge in [-0.1, -0.05) is 18.6 Å². The van der Waals surface area contributed by atoms with Gasteiger partial charge in [0.1, 0.15) is 0 Å². The summed E-state index contributed by atoms with van der Waals surface area (Å²) in [4.78, 5) is 22.7. The third-order valence-electron chi connectivity index (χ3n) is 4.34. The fraction of sp³-hybridized carbons (Fsp3) is 0.529. The number of aromatic carboxylic acids is 1. The first-order valence-corrected chi connectivity index (χ1v) is 7.94. The number of nitrogens with one attached hydrogen (secondary N) is 1. The Morgan fingerprint density at radius 1 is 1.17 bits per heavy atom. The van der Waals surface area contributed by atoms with Crippen LogP contribution in [0, 0.1) is 5.92 Å². The van der Waals surface area contributed by atoms with Gasteiger partial charge in [-0.25, -0.2) is 4.79 Å². The summed E-state index contributed by atoms with van der Waals surface area (Å²) >= 11 is 0. The molecule has 0 spiro atoms. The van der Waals surface area contributed by atoms with Crippen molar-refractivity contribution in [3.8, 4) is 0 Å². The lowest BCUT2D eigenvalue weighted by Gasteiger charge is -2.31. The second-order valence-corrected chi connectivity index (χ2v) is 6.17. The lowest BCUT2D eigenvalue weighted by Crippen LogP contribution is -2.41. The zero-order chi connectivity index (χ0) is 17.7. The van der Waals surface area contributed by atoms with Gasteiger partial charge in [0.05, 0.1) is 11.5 Å². The van der Waals surface area contributed by atoms with E-state index in [9.17, 15) is 22.8 Å². The molecule has 132 valence electrons. The number of carboxylic acid groups (broad SMARTS) is 1. The molecule has 0 heterocycles. The molecule has 2 atom stereocenters. The highest BCUT2D eigenvalue weighted by Crippen LogP contribution is 2.37. The Bertz CT molecular complexity index is 584. The van der Waals surface area contributed by atoms with Gasteiger partial charge in [0, 0.05) is 12.5 Å². The van der Waals surface area contributed by atoms with E-state index >= 15 is 0 Å². The summed E-state index contributed by atoms with van der Waals surface area (Å²) in [5, 5.41) is 11.5. The Hall–Kier alpha value is -2.05. The molecule has 24 heavy (non-hydrogen) atoms. The number of hydrogen-bond donors (Lipinski definition) is 2. The van der Waals surface area contributed by atoms with Gasteiger partial charge in [0.15, 0.2) is 0 Å². The number of aryl methyl sites for hydroxylation is 1. The number of rotatable bonds is 5. The van der Waals surface area contributed by atoms with Crippen molar-refractivity contribution in [3.05, 3.63) is 35.4 Å². The lowest BCUT2D eigenvalue weighted by molar-refractivity contribution is -0.184. The highest BCUT2D eigenvalue weighted by atomic mass is 19.4. The quantitative estimate of drug-likeness (QED) is 0.859. The highest BCUT2D eigenvalue weighted by Gasteiger charge is 2.42. The smallest absolute Gasteiger partial charge is 0.391 e. The minimum absolute atomic E-state index is 0.0530. The van der Waals surface area contributed by atoms with Crippen LogP contribution in [0.3, 0.4) is 0 Å². The average molecular weight is 343 g/mol. The van der Waals surface area contributed by atoms with Crippen molar-refractivity contribution in [2.75, 3.05) is 0 Å². The predicted molar refractivity (Wildman–Crippen MR) is 81.7 cm³/mol. The molecule has 1 saturated carbocycles. The molecule has 0 bridgehead atoms. The molecule has 0 saturated heterocycles. The first kappa shape index (κ1) is 18.3. The molecule has 0 aliphatic heterocycles. The number of carbonyl (C=O) groups is 2. The highest BCUT2D eigenvalue weighted by molar-refractivity contribution is 5.87. The molecular weight excluding hydrogens is 323 g/mol. The predicted octanol–water partition coefficient (Wildman–Crippen LogP) is 3.55. The van der Waals surface area contributed by atoms with Gasteiger partial charge < -0.3 is 10.4 Å². The Balaban J connectivity index is 1.79. The molecule has 0 radical (unpaired) electrons. The van der Waals surface area contributed by atoms with Crippen LogP contribution in [0.4, 0.5) is 13.2 Å². The molecule has 1 aliphatic rings. The molecule has 1 aromatic carbocycles. The number of carboxylic acids is 1. The van der Waals surface area contributed by atoms with Crippen molar-refractivity contribution in [1.82, 2.24) is 5.32 Å². The van der Waals surface area contributed by atoms with Crippen LogP contribution in [0.1, 0.15) is 48.0 Å². The second-order valence-electron chi connectivity index (χ2n) is 6.17. The zero-order valence-corrected chi connectivity index (χ0v) is 13.1. The zero-order valence-electron chi connectivity index (χ0n) is 13.1. The number of carbonyl (C=O) groups excluding carboxylic acids is 1. The Kier molecular flexibility index (Phi) is 5.85. The second kappa shape index (κ2) is 7.68. The molecule has 1 aliphatic carbocycles. The van der Waals surface area contributed by atoms with Gasteiger partial charge in [-0.2, -0.15) is 13.2 Å². The maximum Gasteiger partial charge on any atom is 0.391 e. The van der Waals surface area contributed by atoms with Crippen molar-refractivity contribution < 1.29 is 27.9 Å². The third-order valence-corrected chi connectivity index (χ3v) is 4.34. The maximum atomic E-state index is 12.8. The number of benzene rings is 1. The Morgan fingerprint density at radius 2 is 1.83 bits per heavy atom. The van der Waals surface area contributed by atoms with E-state index in [1.54, 1.807) is 12.1 Å². The van der Waals surface area contributed by atoms with Gasteiger partial charge in [0.2, 0.25) is 5.91 Å². The molecule has 2 N–H and O–H groups in total. The van der Waals surface area contributed by atoms with E-state index in [4.69, 9.17) is 5.11 Å². The minimum Gasteiger partial charge on any atom is -0.478 e. The van der Waals surface area contributed by atoms with Crippen LogP contribution in [0.5, 0.6) is 0 Å². The normalized spacial score (nSPS) is 21.3. The maximum absolute atomic E-state index is 12.8. The van der Waals surface area contributed by atoms with Crippen molar-refractivity contribution in [3.63, 3.8) is 0 Å². The standard InChI is InChI=1S/C17H20F3NO3/c18-17(19,20)13-2-1-3-14(10-13)21-15(22)9-6-11-4-7-12(8-5-11)16(23)24/h4-5,7-8,13-14H,1-3,6,9-10H2,(H,21,22)(H,23,24)/t13-,14-/m1/s1. The number of alkyl halides is 3. The van der Waals surface area contributed by atoms with E-state index in [0.717, 1.165) is 5.56 Å². The van der Waals surface area contributed by atoms with Crippen molar-refractivity contribution in [2.24, 2.45) is 5.92 Å². The average Bonchev–Trinajstić information content (AvgIpc) is 2.53. The minimum atomic E-state index is -4.20. The van der Waals surface area contributed by atoms with E-state index in [-0.39, 0.29) is 30.7 Å². The fourth-order valence-electron chi connectivity index (χ4n) is 2.99. The van der Waals surface area contributed by atoms with E-state index < -0.39 is 24.1 Å². The summed E-state index contributed by atoms with van der Waals surface area (Å²) in [6.07, 6.45) is -2.50. The molecule has 1 aromatic rings. The van der Waals surface area contributed by atoms with Gasteiger partial charge in [-0.3, -0.25) is 4.79 Å². The van der Waals surface area contributed by atoms with Gasteiger partial charge in [-0.05, 0) is 43.4 Å². The molecule has 1 amide bonds. The van der Waals surface area contributed by atoms with Crippen molar-refractivity contribution in [1.29, 1.82) is 0 Å². The number of amides is 1. The number of halogens is 3. The third kappa shape index (κ3) is 5.25. The summed E-state index contributed by atoms with van der Waals surface area (Å²) in [5.41, 5.74) is 0.982. The molecule has 0 unspecified atom stereocenters. The van der Waals surface area contributed by atoms with Gasteiger partial charge >= 0.3 is 12.1 Å². The van der Waals surface area contributed by atoms with Gasteiger partial charge in [0.25, 0.3) is 0 Å². The van der Waals surface area contributed by atoms with Crippen LogP contribution in [-0.2, 0) is 11.2 Å². The largest absolute Gasteiger partial charge is 0.478 e. The molecule has 1 fully saturated rings. The van der Waals surface area contributed by atoms with Crippen LogP contribution in [0.15, 0.2) is 24.3 Å². The monoisotopic (exact) mass is 343 g/mol. The van der Waals surface area contributed by atoms with Gasteiger partial charge in [-0.15, -0.1) is 0 Å². The van der Waals surface area contributed by atoms with E-state index in [1.807, 2.05) is 0 Å². The first-order chi connectivity index (χ1) is 11.3. The molecule has 0 aromatic heterocycles. The molecule has 7 heteroatoms. The molecule has 4 nitrogen and oxygen atoms in total. The van der Waals surface area contributed by atoms with Crippen molar-refractivity contribution in [2.45, 2.75) is 50.7 Å². The summed E-state index contributed by atoms with van der Waals surface area (Å²) in [7, 11) is 0. The summed E-state index contributed by atoms with van der Waals surface area (Å²) in [6.45, 7) is 0. The molecular formula is C17H20F3NO3. The van der Waals surface area contributed by atoms with Crippen LogP contribution in [0.25, 0.3) is 0 Å². The Labute approximate surface area is 138 Å². The number of hydrogen-bond acceptors (Lipinski definition) is 2. The van der Waals surface area contributed by atoms with E-state index in [2.05, 4.69) is 5.32 Å². The van der Waals surface area contributed by atoms with Crippen LogP contribution in [-0.4, -0.2) is 29.2 Å². The van der Waals surface area contributed by atoms with E-state index in [1.165, 1.54) is 12.1 Å². The van der Waals surface area contributed by atoms with Crippen LogP contribution < -0.4 is 5.32 Å². The lowest BCUT2D eigenvalue weighted by atomic mass is 9.85. The summed E-state index contributed by atoms with van der Waals surface area (Å²) in [6, 6.07) is 5.77. The Morgan fingerprint density at radius 3 is 2.42 bits per heavy atom. The fourth-order valence-corrected chi connectivity index (χ4v) is 2.99.